The number of hydrogen-bond acceptors (Lipinski definition) is 2. The zero-order chi connectivity index (χ0) is 11.2. The number of nitrogens with two attached hydrogens (primary N) is 1. The van der Waals surface area contributed by atoms with E-state index in [1.807, 2.05) is 17.9 Å². The van der Waals surface area contributed by atoms with Crippen LogP contribution in [0.3, 0.4) is 0 Å². The lowest BCUT2D eigenvalue weighted by atomic mass is 9.52. The van der Waals surface area contributed by atoms with Gasteiger partial charge in [-0.2, -0.15) is 5.10 Å². The Hall–Kier alpha value is -1.38. The topological polar surface area (TPSA) is 43.8 Å². The fraction of sp³-hybridized carbons (Fsp3) is 0.300. The van der Waals surface area contributed by atoms with E-state index in [1.165, 1.54) is 5.56 Å². The molecule has 0 spiro atoms. The summed E-state index contributed by atoms with van der Waals surface area (Å²) < 4.78 is 1.83. The molecule has 0 aliphatic rings. The smallest absolute Gasteiger partial charge is 0.104 e. The molecule has 5 heteroatoms. The van der Waals surface area contributed by atoms with Crippen LogP contribution >= 0.6 is 0 Å². The monoisotopic (exact) mass is 199 g/mol. The summed E-state index contributed by atoms with van der Waals surface area (Å²) in [5, 5.41) is 5.39. The van der Waals surface area contributed by atoms with Crippen molar-refractivity contribution in [3.05, 3.63) is 23.9 Å². The molecule has 0 bridgehead atoms. The molecule has 15 heavy (non-hydrogen) atoms. The second kappa shape index (κ2) is 3.05. The van der Waals surface area contributed by atoms with Crippen molar-refractivity contribution >= 4 is 32.3 Å². The quantitative estimate of drug-likeness (QED) is 0.501. The minimum Gasteiger partial charge on any atom is -0.397 e. The summed E-state index contributed by atoms with van der Waals surface area (Å²) in [5.41, 5.74) is 9.25. The third-order valence-corrected chi connectivity index (χ3v) is 2.75. The highest BCUT2D eigenvalue weighted by Gasteiger charge is 2.19. The minimum absolute atomic E-state index is 0.0720. The van der Waals surface area contributed by atoms with Gasteiger partial charge in [-0.25, -0.2) is 0 Å². The number of fused-ring (bicyclic) bond motifs is 1. The van der Waals surface area contributed by atoms with Crippen LogP contribution in [0.4, 0.5) is 5.69 Å². The van der Waals surface area contributed by atoms with Gasteiger partial charge < -0.3 is 5.73 Å². The molecule has 0 aliphatic carbocycles. The fourth-order valence-electron chi connectivity index (χ4n) is 1.95. The van der Waals surface area contributed by atoms with Crippen molar-refractivity contribution in [3.8, 4) is 0 Å². The molecule has 0 radical (unpaired) electrons. The Morgan fingerprint density at radius 2 is 2.07 bits per heavy atom. The van der Waals surface area contributed by atoms with Crippen LogP contribution in [-0.2, 0) is 12.3 Å². The van der Waals surface area contributed by atoms with E-state index in [9.17, 15) is 0 Å². The van der Waals surface area contributed by atoms with Crippen molar-refractivity contribution in [2.24, 2.45) is 7.05 Å². The van der Waals surface area contributed by atoms with Crippen molar-refractivity contribution in [1.82, 2.24) is 9.78 Å². The summed E-state index contributed by atoms with van der Waals surface area (Å²) in [6, 6.07) is 4.18. The number of aryl methyl sites for hydroxylation is 1. The van der Waals surface area contributed by atoms with Gasteiger partial charge in [0.25, 0.3) is 0 Å². The SMILES string of the molecule is BC(B)(C)c1ccc2cnn(C)c2c1N. The van der Waals surface area contributed by atoms with Crippen LogP contribution in [0.25, 0.3) is 10.9 Å². The van der Waals surface area contributed by atoms with Gasteiger partial charge in [0.1, 0.15) is 15.7 Å². The maximum absolute atomic E-state index is 6.19. The molecular formula is C10H15B2N3. The summed E-state index contributed by atoms with van der Waals surface area (Å²) >= 11 is 0. The van der Waals surface area contributed by atoms with Gasteiger partial charge in [-0.15, -0.1) is 0 Å². The predicted molar refractivity (Wildman–Crippen MR) is 69.6 cm³/mol. The molecule has 0 atom stereocenters. The van der Waals surface area contributed by atoms with Gasteiger partial charge in [0, 0.05) is 12.4 Å². The van der Waals surface area contributed by atoms with Gasteiger partial charge in [-0.05, 0) is 5.56 Å². The molecule has 0 unspecified atom stereocenters. The molecule has 2 aromatic rings. The zero-order valence-corrected chi connectivity index (χ0v) is 9.70. The van der Waals surface area contributed by atoms with Gasteiger partial charge in [-0.1, -0.05) is 24.3 Å². The Bertz CT molecular complexity index is 511. The molecule has 2 rings (SSSR count). The first kappa shape index (κ1) is 10.1. The van der Waals surface area contributed by atoms with E-state index in [0.717, 1.165) is 16.6 Å². The average molecular weight is 199 g/mol. The summed E-state index contributed by atoms with van der Waals surface area (Å²) in [4.78, 5) is 0. The molecule has 0 fully saturated rings. The number of nitrogen functional groups attached to an aromatic ring is 1. The normalized spacial score (nSPS) is 12.1. The average Bonchev–Trinajstić information content (AvgIpc) is 2.46. The summed E-state index contributed by atoms with van der Waals surface area (Å²) in [6.45, 7) is 2.17. The molecule has 0 saturated heterocycles. The van der Waals surface area contributed by atoms with Crippen LogP contribution < -0.4 is 5.73 Å². The molecule has 1 aromatic carbocycles. The Kier molecular flexibility index (Phi) is 2.07. The van der Waals surface area contributed by atoms with Crippen LogP contribution in [0.5, 0.6) is 0 Å². The van der Waals surface area contributed by atoms with Gasteiger partial charge in [0.05, 0.1) is 17.4 Å². The van der Waals surface area contributed by atoms with E-state index in [4.69, 9.17) is 5.73 Å². The molecular weight excluding hydrogens is 184 g/mol. The Morgan fingerprint density at radius 1 is 1.40 bits per heavy atom. The maximum Gasteiger partial charge on any atom is 0.104 e. The van der Waals surface area contributed by atoms with Gasteiger partial charge in [0.2, 0.25) is 0 Å². The highest BCUT2D eigenvalue weighted by atomic mass is 15.3. The number of anilines is 1. The largest absolute Gasteiger partial charge is 0.397 e. The molecule has 0 aliphatic heterocycles. The van der Waals surface area contributed by atoms with Gasteiger partial charge in [-0.3, -0.25) is 4.68 Å². The van der Waals surface area contributed by atoms with Gasteiger partial charge in [0.15, 0.2) is 0 Å². The van der Waals surface area contributed by atoms with Crippen molar-refractivity contribution < 1.29 is 0 Å². The molecule has 76 valence electrons. The lowest BCUT2D eigenvalue weighted by Crippen LogP contribution is -2.23. The molecule has 3 nitrogen and oxygen atoms in total. The zero-order valence-electron chi connectivity index (χ0n) is 9.70. The summed E-state index contributed by atoms with van der Waals surface area (Å²) in [5.74, 6) is 0. The van der Waals surface area contributed by atoms with E-state index in [2.05, 4.69) is 39.8 Å². The van der Waals surface area contributed by atoms with Crippen LogP contribution in [0.15, 0.2) is 18.3 Å². The van der Waals surface area contributed by atoms with Crippen molar-refractivity contribution in [1.29, 1.82) is 0 Å². The van der Waals surface area contributed by atoms with Crippen LogP contribution in [0.2, 0.25) is 0 Å². The first-order valence-corrected chi connectivity index (χ1v) is 5.12. The highest BCUT2D eigenvalue weighted by Crippen LogP contribution is 2.29. The molecule has 0 amide bonds. The number of rotatable bonds is 1. The second-order valence-corrected chi connectivity index (χ2v) is 4.98. The molecule has 2 N–H and O–H groups in total. The minimum atomic E-state index is 0.0720. The van der Waals surface area contributed by atoms with E-state index >= 15 is 0 Å². The van der Waals surface area contributed by atoms with E-state index in [1.54, 1.807) is 0 Å². The second-order valence-electron chi connectivity index (χ2n) is 4.98. The first-order chi connectivity index (χ1) is 6.91. The number of nitrogens with zero attached hydrogens (tertiary/aromatic N) is 2. The fourth-order valence-corrected chi connectivity index (χ4v) is 1.95. The molecule has 1 aromatic heterocycles. The van der Waals surface area contributed by atoms with Crippen molar-refractivity contribution in [3.63, 3.8) is 0 Å². The molecule has 0 saturated carbocycles. The lowest BCUT2D eigenvalue weighted by molar-refractivity contribution is 0.797. The summed E-state index contributed by atoms with van der Waals surface area (Å²) in [6.07, 6.45) is 1.85. The van der Waals surface area contributed by atoms with Gasteiger partial charge >= 0.3 is 0 Å². The van der Waals surface area contributed by atoms with Crippen molar-refractivity contribution in [2.75, 3.05) is 5.73 Å². The number of aromatic nitrogens is 2. The standard InChI is InChI=1S/C10H15B2N3/c1-10(11,12)7-4-3-6-5-14-15(2)9(6)8(7)13/h3-5H,11-13H2,1-2H3. The predicted octanol–water partition coefficient (Wildman–Crippen LogP) is -0.406. The lowest BCUT2D eigenvalue weighted by Gasteiger charge is -2.21. The van der Waals surface area contributed by atoms with E-state index in [-0.39, 0.29) is 5.21 Å². The third-order valence-electron chi connectivity index (χ3n) is 2.75. The highest BCUT2D eigenvalue weighted by molar-refractivity contribution is 6.40. The number of benzene rings is 1. The third kappa shape index (κ3) is 1.52. The first-order valence-electron chi connectivity index (χ1n) is 5.12. The van der Waals surface area contributed by atoms with Crippen molar-refractivity contribution in [2.45, 2.75) is 12.1 Å². The number of hydrogen-bond donors (Lipinski definition) is 1. The Labute approximate surface area is 91.5 Å². The van der Waals surface area contributed by atoms with E-state index < -0.39 is 0 Å². The van der Waals surface area contributed by atoms with E-state index in [0.29, 0.717) is 0 Å². The summed E-state index contributed by atoms with van der Waals surface area (Å²) in [7, 11) is 6.26. The Balaban J connectivity index is 2.80. The van der Waals surface area contributed by atoms with Crippen LogP contribution in [0.1, 0.15) is 12.5 Å². The molecule has 1 heterocycles. The van der Waals surface area contributed by atoms with Crippen LogP contribution in [-0.4, -0.2) is 25.5 Å². The van der Waals surface area contributed by atoms with Crippen LogP contribution in [0, 0.1) is 0 Å². The maximum atomic E-state index is 6.19. The Morgan fingerprint density at radius 3 is 2.67 bits per heavy atom.